The van der Waals surface area contributed by atoms with Gasteiger partial charge in [0, 0.05) is 67.9 Å². The highest BCUT2D eigenvalue weighted by atomic mass is 19.1. The number of phenolic OH excluding ortho intramolecular Hbond substituents is 2. The summed E-state index contributed by atoms with van der Waals surface area (Å²) in [6.07, 6.45) is 1.61. The van der Waals surface area contributed by atoms with Crippen molar-refractivity contribution in [2.24, 2.45) is 5.92 Å². The monoisotopic (exact) mass is 926 g/mol. The minimum Gasteiger partial charge on any atom is -0.508 e. The number of hydrogen-bond acceptors (Lipinski definition) is 13. The third kappa shape index (κ3) is 7.15. The Morgan fingerprint density at radius 1 is 0.985 bits per heavy atom. The van der Waals surface area contributed by atoms with Crippen LogP contribution in [0.25, 0.3) is 39.4 Å². The van der Waals surface area contributed by atoms with Crippen molar-refractivity contribution in [3.63, 3.8) is 0 Å². The Labute approximate surface area is 388 Å². The van der Waals surface area contributed by atoms with Gasteiger partial charge >= 0.3 is 17.8 Å². The molecule has 0 saturated carbocycles. The molecule has 1 amide bonds. The highest BCUT2D eigenvalue weighted by molar-refractivity contribution is 5.93. The van der Waals surface area contributed by atoms with Gasteiger partial charge in [0.25, 0.3) is 5.56 Å². The molecule has 2 atom stereocenters. The van der Waals surface area contributed by atoms with Gasteiger partial charge in [-0.3, -0.25) is 9.69 Å². The Morgan fingerprint density at radius 3 is 2.50 bits per heavy atom. The molecule has 2 saturated heterocycles. The van der Waals surface area contributed by atoms with E-state index in [-0.39, 0.29) is 54.1 Å². The van der Waals surface area contributed by atoms with Crippen LogP contribution in [0.15, 0.2) is 58.1 Å². The normalized spacial score (nSPS) is 20.4. The van der Waals surface area contributed by atoms with E-state index in [2.05, 4.69) is 25.3 Å². The molecule has 18 heteroatoms. The van der Waals surface area contributed by atoms with E-state index < -0.39 is 40.8 Å². The number of aromatic amines is 1. The summed E-state index contributed by atoms with van der Waals surface area (Å²) in [5, 5.41) is 42.4. The zero-order valence-electron chi connectivity index (χ0n) is 37.9. The first kappa shape index (κ1) is 43.7. The number of ether oxygens (including phenoxy) is 2. The van der Waals surface area contributed by atoms with Crippen molar-refractivity contribution in [2.45, 2.75) is 90.3 Å². The van der Waals surface area contributed by atoms with E-state index in [0.29, 0.717) is 70.9 Å². The average Bonchev–Trinajstić information content (AvgIpc) is 3.88. The van der Waals surface area contributed by atoms with E-state index in [0.717, 1.165) is 66.9 Å². The van der Waals surface area contributed by atoms with E-state index >= 15 is 4.39 Å². The van der Waals surface area contributed by atoms with Crippen LogP contribution in [-0.4, -0.2) is 100 Å². The summed E-state index contributed by atoms with van der Waals surface area (Å²) in [6.45, 7) is 10.2. The van der Waals surface area contributed by atoms with Gasteiger partial charge in [0.05, 0.1) is 46.3 Å². The highest BCUT2D eigenvalue weighted by Crippen LogP contribution is 2.46. The van der Waals surface area contributed by atoms with E-state index in [9.17, 15) is 34.5 Å². The van der Waals surface area contributed by atoms with E-state index in [4.69, 9.17) is 14.5 Å². The van der Waals surface area contributed by atoms with Crippen molar-refractivity contribution in [1.82, 2.24) is 39.4 Å². The number of phenols is 2. The Hall–Kier alpha value is -6.89. The van der Waals surface area contributed by atoms with Crippen LogP contribution in [0.5, 0.6) is 11.5 Å². The molecule has 4 aliphatic heterocycles. The number of pyridine rings is 2. The van der Waals surface area contributed by atoms with Crippen LogP contribution >= 0.6 is 0 Å². The molecule has 68 heavy (non-hydrogen) atoms. The van der Waals surface area contributed by atoms with Crippen LogP contribution in [0, 0.1) is 25.6 Å². The number of H-pyrrole nitrogens is 1. The van der Waals surface area contributed by atoms with Crippen LogP contribution in [0.3, 0.4) is 0 Å². The molecule has 0 bridgehead atoms. The van der Waals surface area contributed by atoms with Gasteiger partial charge in [0.15, 0.2) is 11.4 Å². The molecule has 11 rings (SSSR count). The second kappa shape index (κ2) is 16.4. The van der Waals surface area contributed by atoms with Crippen LogP contribution in [-0.2, 0) is 46.0 Å². The number of aryl methyl sites for hydroxylation is 2. The number of aromatic nitrogens is 5. The predicted molar refractivity (Wildman–Crippen MR) is 246 cm³/mol. The molecule has 0 spiro atoms. The maximum Gasteiger partial charge on any atom is 0.407 e. The summed E-state index contributed by atoms with van der Waals surface area (Å²) < 4.78 is 29.7. The molecule has 5 N–H and O–H groups in total. The van der Waals surface area contributed by atoms with Crippen molar-refractivity contribution >= 4 is 23.0 Å². The van der Waals surface area contributed by atoms with Crippen LogP contribution < -0.4 is 16.6 Å². The van der Waals surface area contributed by atoms with Gasteiger partial charge in [-0.05, 0) is 104 Å². The standard InChI is InChI=1S/C50H51FN8O9/c1-4-50(66)35-16-39-44-33(23-58(39)46(62)34(35)24-67-47(50)63)43-37(10-9-31-26(3)36(51)17-38(52-44)42(31)43)53-49(65)68-30-11-13-56(14-12-30)20-28-21-57(22-28)19-27-5-7-29(8-6-27)59-45(54-55-48(59)64)32-15-25(2)40(60)18-41(32)61/h5-8,15-18,28,30,37,60-61,66H,4,9-14,19-24H2,1-3H3,(H,53,65)(H,55,64)/t37-,50-/m0/s1. The number of aromatic hydroxyl groups is 2. The number of nitrogens with zero attached hydrogens (tertiary/aromatic N) is 6. The first-order valence-electron chi connectivity index (χ1n) is 23.2. The Balaban J connectivity index is 0.711. The van der Waals surface area contributed by atoms with Crippen LogP contribution in [0.4, 0.5) is 9.18 Å². The number of amides is 1. The molecule has 0 unspecified atom stereocenters. The fourth-order valence-corrected chi connectivity index (χ4v) is 11.1. The molecule has 17 nitrogen and oxygen atoms in total. The topological polar surface area (TPSA) is 217 Å². The van der Waals surface area contributed by atoms with Crippen molar-refractivity contribution < 1.29 is 38.8 Å². The van der Waals surface area contributed by atoms with Crippen LogP contribution in [0.2, 0.25) is 0 Å². The molecule has 6 aromatic rings. The summed E-state index contributed by atoms with van der Waals surface area (Å²) in [7, 11) is 0. The van der Waals surface area contributed by atoms with E-state index in [1.165, 1.54) is 16.7 Å². The van der Waals surface area contributed by atoms with E-state index in [1.54, 1.807) is 37.5 Å². The van der Waals surface area contributed by atoms with Gasteiger partial charge in [-0.25, -0.2) is 33.4 Å². The van der Waals surface area contributed by atoms with Gasteiger partial charge in [-0.2, -0.15) is 5.10 Å². The number of alkyl carbamates (subject to hydrolysis) is 1. The number of nitrogens with one attached hydrogen (secondary N) is 2. The number of benzene rings is 3. The first-order valence-corrected chi connectivity index (χ1v) is 23.2. The lowest BCUT2D eigenvalue weighted by molar-refractivity contribution is -0.172. The fraction of sp³-hybridized carbons (Fsp3) is 0.400. The number of rotatable bonds is 9. The highest BCUT2D eigenvalue weighted by Gasteiger charge is 2.46. The Bertz CT molecular complexity index is 3200. The first-order chi connectivity index (χ1) is 32.7. The molecule has 1 aliphatic carbocycles. The Kier molecular flexibility index (Phi) is 10.5. The number of piperidine rings is 1. The average molecular weight is 927 g/mol. The summed E-state index contributed by atoms with van der Waals surface area (Å²) in [5.41, 5.74) is 4.24. The number of halogens is 1. The van der Waals surface area contributed by atoms with Crippen molar-refractivity contribution in [2.75, 3.05) is 32.7 Å². The fourth-order valence-electron chi connectivity index (χ4n) is 11.1. The van der Waals surface area contributed by atoms with Crippen LogP contribution in [0.1, 0.15) is 83.2 Å². The number of hydrogen-bond donors (Lipinski definition) is 5. The molecular formula is C50H51FN8O9. The van der Waals surface area contributed by atoms with Gasteiger partial charge < -0.3 is 39.6 Å². The molecule has 7 heterocycles. The lowest BCUT2D eigenvalue weighted by Gasteiger charge is -2.43. The quantitative estimate of drug-likeness (QED) is 0.119. The molecule has 2 fully saturated rings. The number of carbonyl (C=O) groups excluding carboxylic acids is 2. The second-order valence-electron chi connectivity index (χ2n) is 19.0. The number of likely N-dealkylation sites (tertiary alicyclic amines) is 2. The SMILES string of the molecule is CC[C@@]1(O)C(=O)OCc2c1cc1n(c2=O)Cc2c-1nc1cc(F)c(C)c3c1c2[C@@H](NC(=O)OC1CCN(CC2CN(Cc4ccc(-n5c(-c6cc(C)c(O)cc6O)n[nH]c5=O)cc4)C2)CC1)CC3. The summed E-state index contributed by atoms with van der Waals surface area (Å²) >= 11 is 0. The molecule has 352 valence electrons. The minimum atomic E-state index is -1.99. The third-order valence-corrected chi connectivity index (χ3v) is 14.9. The third-order valence-electron chi connectivity index (χ3n) is 14.9. The minimum absolute atomic E-state index is 0.00548. The molecular weight excluding hydrogens is 876 g/mol. The molecule has 0 radical (unpaired) electrons. The Morgan fingerprint density at radius 2 is 1.75 bits per heavy atom. The van der Waals surface area contributed by atoms with Gasteiger partial charge in [0.2, 0.25) is 0 Å². The zero-order valence-corrected chi connectivity index (χ0v) is 37.9. The molecule has 3 aromatic carbocycles. The predicted octanol–water partition coefficient (Wildman–Crippen LogP) is 5.10. The largest absolute Gasteiger partial charge is 0.508 e. The van der Waals surface area contributed by atoms with Gasteiger partial charge in [0.1, 0.15) is 30.0 Å². The van der Waals surface area contributed by atoms with Crippen molar-refractivity contribution in [3.8, 4) is 40.0 Å². The van der Waals surface area contributed by atoms with Crippen molar-refractivity contribution in [3.05, 3.63) is 120 Å². The molecule has 5 aliphatic rings. The van der Waals surface area contributed by atoms with Crippen molar-refractivity contribution in [1.29, 1.82) is 0 Å². The van der Waals surface area contributed by atoms with Gasteiger partial charge in [-0.1, -0.05) is 19.1 Å². The lowest BCUT2D eigenvalue weighted by atomic mass is 9.81. The number of carbonyl (C=O) groups is 2. The number of aliphatic hydroxyl groups is 1. The van der Waals surface area contributed by atoms with Gasteiger partial charge in [-0.15, -0.1) is 0 Å². The smallest absolute Gasteiger partial charge is 0.407 e. The number of esters is 1. The summed E-state index contributed by atoms with van der Waals surface area (Å²) in [6, 6.07) is 13.0. The zero-order chi connectivity index (χ0) is 47.3. The summed E-state index contributed by atoms with van der Waals surface area (Å²) in [4.78, 5) is 63.0. The lowest BCUT2D eigenvalue weighted by Crippen LogP contribution is -2.52. The maximum atomic E-state index is 15.4. The number of fused-ring (bicyclic) bond motifs is 5. The number of cyclic esters (lactones) is 1. The molecule has 3 aromatic heterocycles. The van der Waals surface area contributed by atoms with E-state index in [1.807, 2.05) is 24.3 Å². The second-order valence-corrected chi connectivity index (χ2v) is 19.0. The summed E-state index contributed by atoms with van der Waals surface area (Å²) in [5.74, 6) is -0.689. The maximum absolute atomic E-state index is 15.4.